The third-order valence-electron chi connectivity index (χ3n) is 2.30. The number of rotatable bonds is 4. The van der Waals surface area contributed by atoms with E-state index in [9.17, 15) is 0 Å². The average molecular weight is 233 g/mol. The lowest BCUT2D eigenvalue weighted by Gasteiger charge is -2.12. The standard InChI is InChI=1S/C11H15N5O/c1-7-6-14-11(17-7)8(2)15-9-3-4-13-10(5-9)16-12/h3-6,8H,12H2,1-2H3,(H2,13,15,16). The Morgan fingerprint density at radius 1 is 1.41 bits per heavy atom. The molecule has 0 aromatic carbocycles. The number of aryl methyl sites for hydroxylation is 1. The van der Waals surface area contributed by atoms with E-state index in [1.54, 1.807) is 12.4 Å². The molecule has 1 atom stereocenters. The largest absolute Gasteiger partial charge is 0.444 e. The molecule has 2 rings (SSSR count). The second-order valence-corrected chi connectivity index (χ2v) is 3.75. The van der Waals surface area contributed by atoms with Gasteiger partial charge in [0.25, 0.3) is 0 Å². The van der Waals surface area contributed by atoms with Gasteiger partial charge in [-0.2, -0.15) is 0 Å². The quantitative estimate of drug-likeness (QED) is 0.551. The summed E-state index contributed by atoms with van der Waals surface area (Å²) in [6.45, 7) is 3.84. The van der Waals surface area contributed by atoms with E-state index in [1.807, 2.05) is 26.0 Å². The van der Waals surface area contributed by atoms with Crippen LogP contribution in [0.5, 0.6) is 0 Å². The lowest BCUT2D eigenvalue weighted by Crippen LogP contribution is -2.10. The Kier molecular flexibility index (Phi) is 3.24. The van der Waals surface area contributed by atoms with Gasteiger partial charge in [0.05, 0.1) is 6.20 Å². The minimum Gasteiger partial charge on any atom is -0.444 e. The Morgan fingerprint density at radius 2 is 2.24 bits per heavy atom. The first-order valence-electron chi connectivity index (χ1n) is 5.30. The highest BCUT2D eigenvalue weighted by Gasteiger charge is 2.11. The van der Waals surface area contributed by atoms with Gasteiger partial charge in [-0.15, -0.1) is 0 Å². The molecule has 17 heavy (non-hydrogen) atoms. The lowest BCUT2D eigenvalue weighted by molar-refractivity contribution is 0.453. The van der Waals surface area contributed by atoms with Crippen LogP contribution in [-0.4, -0.2) is 9.97 Å². The molecule has 0 saturated carbocycles. The normalized spacial score (nSPS) is 12.2. The molecule has 0 bridgehead atoms. The molecule has 6 nitrogen and oxygen atoms in total. The van der Waals surface area contributed by atoms with Crippen molar-refractivity contribution >= 4 is 11.5 Å². The van der Waals surface area contributed by atoms with E-state index in [0.717, 1.165) is 11.4 Å². The summed E-state index contributed by atoms with van der Waals surface area (Å²) in [5.74, 6) is 7.35. The first kappa shape index (κ1) is 11.4. The predicted octanol–water partition coefficient (Wildman–Crippen LogP) is 1.84. The van der Waals surface area contributed by atoms with Crippen LogP contribution in [0.1, 0.15) is 24.6 Å². The molecule has 2 aromatic rings. The van der Waals surface area contributed by atoms with Crippen molar-refractivity contribution in [1.29, 1.82) is 0 Å². The summed E-state index contributed by atoms with van der Waals surface area (Å²) < 4.78 is 5.44. The van der Waals surface area contributed by atoms with Gasteiger partial charge in [-0.25, -0.2) is 15.8 Å². The summed E-state index contributed by atoms with van der Waals surface area (Å²) in [5, 5.41) is 3.25. The number of nitrogens with zero attached hydrogens (tertiary/aromatic N) is 2. The van der Waals surface area contributed by atoms with Crippen LogP contribution in [0.25, 0.3) is 0 Å². The number of oxazole rings is 1. The maximum atomic E-state index is 5.44. The summed E-state index contributed by atoms with van der Waals surface area (Å²) >= 11 is 0. The van der Waals surface area contributed by atoms with Crippen LogP contribution in [0, 0.1) is 6.92 Å². The molecular weight excluding hydrogens is 218 g/mol. The van der Waals surface area contributed by atoms with Gasteiger partial charge in [0.1, 0.15) is 17.6 Å². The summed E-state index contributed by atoms with van der Waals surface area (Å²) in [5.41, 5.74) is 3.39. The van der Waals surface area contributed by atoms with Crippen molar-refractivity contribution in [1.82, 2.24) is 9.97 Å². The first-order chi connectivity index (χ1) is 8.19. The molecule has 0 amide bonds. The fourth-order valence-corrected chi connectivity index (χ4v) is 1.48. The zero-order valence-electron chi connectivity index (χ0n) is 9.77. The van der Waals surface area contributed by atoms with Crippen LogP contribution in [0.4, 0.5) is 11.5 Å². The molecule has 90 valence electrons. The number of nitrogens with one attached hydrogen (secondary N) is 2. The van der Waals surface area contributed by atoms with Crippen molar-refractivity contribution in [3.8, 4) is 0 Å². The van der Waals surface area contributed by atoms with Gasteiger partial charge in [-0.3, -0.25) is 0 Å². The zero-order valence-corrected chi connectivity index (χ0v) is 9.77. The number of pyridine rings is 1. The maximum absolute atomic E-state index is 5.44. The highest BCUT2D eigenvalue weighted by Crippen LogP contribution is 2.19. The van der Waals surface area contributed by atoms with Gasteiger partial charge in [-0.05, 0) is 19.9 Å². The lowest BCUT2D eigenvalue weighted by atomic mass is 10.3. The van der Waals surface area contributed by atoms with E-state index >= 15 is 0 Å². The molecule has 6 heteroatoms. The number of nitrogen functional groups attached to an aromatic ring is 1. The molecule has 0 fully saturated rings. The molecule has 2 heterocycles. The average Bonchev–Trinajstić information content (AvgIpc) is 2.76. The third kappa shape index (κ3) is 2.73. The van der Waals surface area contributed by atoms with E-state index in [2.05, 4.69) is 20.7 Å². The van der Waals surface area contributed by atoms with Crippen LogP contribution in [0.15, 0.2) is 28.9 Å². The van der Waals surface area contributed by atoms with E-state index in [1.165, 1.54) is 0 Å². The molecular formula is C11H15N5O. The smallest absolute Gasteiger partial charge is 0.216 e. The minimum absolute atomic E-state index is 0.0169. The number of anilines is 2. The van der Waals surface area contributed by atoms with Crippen molar-refractivity contribution in [2.24, 2.45) is 5.84 Å². The fourth-order valence-electron chi connectivity index (χ4n) is 1.48. The summed E-state index contributed by atoms with van der Waals surface area (Å²) in [6.07, 6.45) is 3.37. The number of hydrazine groups is 1. The zero-order chi connectivity index (χ0) is 12.3. The topological polar surface area (TPSA) is 89.0 Å². The Labute approximate surface area is 99.2 Å². The Bertz CT molecular complexity index is 496. The van der Waals surface area contributed by atoms with Crippen molar-refractivity contribution in [2.75, 3.05) is 10.7 Å². The van der Waals surface area contributed by atoms with Gasteiger partial charge in [0.2, 0.25) is 5.89 Å². The monoisotopic (exact) mass is 233 g/mol. The van der Waals surface area contributed by atoms with Crippen molar-refractivity contribution in [2.45, 2.75) is 19.9 Å². The molecule has 1 unspecified atom stereocenters. The van der Waals surface area contributed by atoms with Crippen LogP contribution in [0.3, 0.4) is 0 Å². The molecule has 0 aliphatic heterocycles. The van der Waals surface area contributed by atoms with E-state index in [0.29, 0.717) is 11.7 Å². The molecule has 0 spiro atoms. The van der Waals surface area contributed by atoms with Crippen LogP contribution in [0.2, 0.25) is 0 Å². The number of nitrogens with two attached hydrogens (primary N) is 1. The van der Waals surface area contributed by atoms with Crippen LogP contribution in [-0.2, 0) is 0 Å². The Hall–Kier alpha value is -2.08. The predicted molar refractivity (Wildman–Crippen MR) is 65.3 cm³/mol. The number of aromatic nitrogens is 2. The second-order valence-electron chi connectivity index (χ2n) is 3.75. The minimum atomic E-state index is -0.0169. The summed E-state index contributed by atoms with van der Waals surface area (Å²) in [4.78, 5) is 8.20. The fraction of sp³-hybridized carbons (Fsp3) is 0.273. The molecule has 0 saturated heterocycles. The Morgan fingerprint density at radius 3 is 2.88 bits per heavy atom. The third-order valence-corrected chi connectivity index (χ3v) is 2.30. The van der Waals surface area contributed by atoms with Crippen molar-refractivity contribution < 1.29 is 4.42 Å². The molecule has 0 radical (unpaired) electrons. The second kappa shape index (κ2) is 4.84. The molecule has 0 aliphatic rings. The number of hydrogen-bond acceptors (Lipinski definition) is 6. The van der Waals surface area contributed by atoms with Crippen molar-refractivity contribution in [3.05, 3.63) is 36.2 Å². The SMILES string of the molecule is Cc1cnc(C(C)Nc2ccnc(NN)c2)o1. The van der Waals surface area contributed by atoms with Gasteiger partial charge in [0, 0.05) is 18.0 Å². The van der Waals surface area contributed by atoms with Gasteiger partial charge in [0.15, 0.2) is 0 Å². The van der Waals surface area contributed by atoms with E-state index in [-0.39, 0.29) is 6.04 Å². The summed E-state index contributed by atoms with van der Waals surface area (Å²) in [7, 11) is 0. The molecule has 2 aromatic heterocycles. The highest BCUT2D eigenvalue weighted by molar-refractivity contribution is 5.51. The van der Waals surface area contributed by atoms with E-state index < -0.39 is 0 Å². The van der Waals surface area contributed by atoms with Gasteiger partial charge < -0.3 is 15.2 Å². The summed E-state index contributed by atoms with van der Waals surface area (Å²) in [6, 6.07) is 3.65. The van der Waals surface area contributed by atoms with Gasteiger partial charge >= 0.3 is 0 Å². The van der Waals surface area contributed by atoms with Crippen LogP contribution < -0.4 is 16.6 Å². The van der Waals surface area contributed by atoms with E-state index in [4.69, 9.17) is 10.3 Å². The first-order valence-corrected chi connectivity index (χ1v) is 5.30. The van der Waals surface area contributed by atoms with Crippen LogP contribution >= 0.6 is 0 Å². The molecule has 0 aliphatic carbocycles. The maximum Gasteiger partial charge on any atom is 0.216 e. The highest BCUT2D eigenvalue weighted by atomic mass is 16.4. The molecule has 4 N–H and O–H groups in total. The van der Waals surface area contributed by atoms with Gasteiger partial charge in [-0.1, -0.05) is 0 Å². The Balaban J connectivity index is 2.09. The van der Waals surface area contributed by atoms with Crippen molar-refractivity contribution in [3.63, 3.8) is 0 Å². The number of hydrogen-bond donors (Lipinski definition) is 3.